The summed E-state index contributed by atoms with van der Waals surface area (Å²) in [6.45, 7) is 1.14. The number of nitrogens with zero attached hydrogens (tertiary/aromatic N) is 1. The lowest BCUT2D eigenvalue weighted by atomic mass is 10.0. The second-order valence-corrected chi connectivity index (χ2v) is 9.27. The number of hydrogen-bond acceptors (Lipinski definition) is 8. The molecule has 0 aliphatic carbocycles. The number of aliphatic hydroxyl groups is 1. The molecule has 2 aromatic carbocycles. The largest absolute Gasteiger partial charge is 0.506 e. The van der Waals surface area contributed by atoms with E-state index in [9.17, 15) is 14.3 Å². The van der Waals surface area contributed by atoms with Crippen molar-refractivity contribution in [2.75, 3.05) is 44.6 Å². The number of nitrogens with one attached hydrogen (secondary N) is 2. The number of amides is 1. The molecule has 8 nitrogen and oxygen atoms in total. The first-order valence-electron chi connectivity index (χ1n) is 11.5. The minimum atomic E-state index is -0.735. The molecule has 3 rings (SSSR count). The first-order valence-corrected chi connectivity index (χ1v) is 12.9. The highest BCUT2D eigenvalue weighted by atomic mass is 32.2. The van der Waals surface area contributed by atoms with Crippen molar-refractivity contribution in [2.24, 2.45) is 0 Å². The Morgan fingerprint density at radius 2 is 1.94 bits per heavy atom. The van der Waals surface area contributed by atoms with Gasteiger partial charge in [-0.05, 0) is 42.9 Å². The van der Waals surface area contributed by atoms with Crippen molar-refractivity contribution in [3.63, 3.8) is 0 Å². The Morgan fingerprint density at radius 3 is 2.61 bits per heavy atom. The van der Waals surface area contributed by atoms with Crippen LogP contribution in [-0.4, -0.2) is 72.3 Å². The normalized spacial score (nSPS) is 15.7. The topological polar surface area (TPSA) is 133 Å². The van der Waals surface area contributed by atoms with Gasteiger partial charge in [-0.3, -0.25) is 10.2 Å². The van der Waals surface area contributed by atoms with Crippen LogP contribution in [0.25, 0.3) is 0 Å². The summed E-state index contributed by atoms with van der Waals surface area (Å²) in [6.07, 6.45) is 5.12. The summed E-state index contributed by atoms with van der Waals surface area (Å²) in [5.41, 5.74) is 6.46. The van der Waals surface area contributed by atoms with Gasteiger partial charge in [0.05, 0.1) is 12.3 Å². The monoisotopic (exact) mass is 514 g/mol. The smallest absolute Gasteiger partial charge is 0.254 e. The van der Waals surface area contributed by atoms with Gasteiger partial charge < -0.3 is 30.6 Å². The molecule has 0 spiro atoms. The number of hydrogen-bond donors (Lipinski definition) is 4. The molecule has 1 aliphatic rings. The predicted molar refractivity (Wildman–Crippen MR) is 141 cm³/mol. The zero-order valence-electron chi connectivity index (χ0n) is 20.3. The van der Waals surface area contributed by atoms with Gasteiger partial charge in [-0.1, -0.05) is 12.1 Å². The van der Waals surface area contributed by atoms with Crippen molar-refractivity contribution in [1.82, 2.24) is 4.90 Å². The number of aliphatic hydroxyl groups excluding tert-OH is 1. The number of benzene rings is 2. The van der Waals surface area contributed by atoms with E-state index in [1.807, 2.05) is 11.2 Å². The van der Waals surface area contributed by atoms with Crippen molar-refractivity contribution in [1.29, 1.82) is 10.8 Å². The average Bonchev–Trinajstić information content (AvgIpc) is 3.33. The van der Waals surface area contributed by atoms with E-state index < -0.39 is 17.3 Å². The molecule has 0 aromatic heterocycles. The van der Waals surface area contributed by atoms with Crippen LogP contribution in [0.4, 0.5) is 10.1 Å². The Morgan fingerprint density at radius 1 is 1.25 bits per heavy atom. The molecule has 0 radical (unpaired) electrons. The van der Waals surface area contributed by atoms with Gasteiger partial charge in [0.1, 0.15) is 18.1 Å². The Kier molecular flexibility index (Phi) is 9.49. The Balaban J connectivity index is 1.70. The standard InChI is InChI=1S/C26H31FN4O4S/c1-34-10-11-35-24-14-22(29)19(12-20(24)27)25(30)23(32)13-21(28)16-5-7-17(8-6-16)26(33)31-9-3-4-18(31)15-36-2/h5-8,12-14,18,28,30,32H,3-4,9-11,15,29H2,1-2H3/b23-13-,28-21?,30-25?/t18-/m0/s1. The molecule has 1 atom stereocenters. The van der Waals surface area contributed by atoms with Crippen LogP contribution in [0.2, 0.25) is 0 Å². The van der Waals surface area contributed by atoms with Crippen molar-refractivity contribution < 1.29 is 23.8 Å². The molecule has 0 unspecified atom stereocenters. The number of thioether (sulfide) groups is 1. The molecule has 0 saturated carbocycles. The van der Waals surface area contributed by atoms with Crippen LogP contribution in [0.15, 0.2) is 48.2 Å². The third kappa shape index (κ3) is 6.44. The van der Waals surface area contributed by atoms with Gasteiger partial charge in [-0.15, -0.1) is 0 Å². The molecule has 5 N–H and O–H groups in total. The van der Waals surface area contributed by atoms with Crippen LogP contribution >= 0.6 is 11.8 Å². The minimum absolute atomic E-state index is 0.0282. The second kappa shape index (κ2) is 12.5. The fourth-order valence-corrected chi connectivity index (χ4v) is 4.72. The number of anilines is 1. The van der Waals surface area contributed by atoms with Crippen LogP contribution < -0.4 is 10.5 Å². The maximum Gasteiger partial charge on any atom is 0.254 e. The zero-order valence-corrected chi connectivity index (χ0v) is 21.2. The highest BCUT2D eigenvalue weighted by Gasteiger charge is 2.28. The van der Waals surface area contributed by atoms with Gasteiger partial charge >= 0.3 is 0 Å². The quantitative estimate of drug-likeness (QED) is 0.153. The number of carbonyl (C=O) groups excluding carboxylic acids is 1. The van der Waals surface area contributed by atoms with Crippen molar-refractivity contribution in [2.45, 2.75) is 18.9 Å². The maximum atomic E-state index is 14.4. The van der Waals surface area contributed by atoms with E-state index >= 15 is 0 Å². The number of nitrogens with two attached hydrogens (primary N) is 1. The number of ether oxygens (including phenoxy) is 2. The molecular formula is C26H31FN4O4S. The molecule has 1 saturated heterocycles. The van der Waals surface area contributed by atoms with Crippen LogP contribution in [0.5, 0.6) is 5.75 Å². The first kappa shape index (κ1) is 27.2. The fraction of sp³-hybridized carbons (Fsp3) is 0.346. The van der Waals surface area contributed by atoms with Crippen molar-refractivity contribution in [3.8, 4) is 5.75 Å². The Labute approximate surface area is 214 Å². The number of allylic oxidation sites excluding steroid dienone is 2. The third-order valence-corrected chi connectivity index (χ3v) is 6.61. The number of methoxy groups -OCH3 is 1. The lowest BCUT2D eigenvalue weighted by Gasteiger charge is -2.24. The molecule has 0 bridgehead atoms. The molecule has 1 fully saturated rings. The number of carbonyl (C=O) groups is 1. The zero-order chi connectivity index (χ0) is 26.2. The molecule has 10 heteroatoms. The summed E-state index contributed by atoms with van der Waals surface area (Å²) in [5.74, 6) is -0.488. The van der Waals surface area contributed by atoms with E-state index in [0.29, 0.717) is 11.1 Å². The van der Waals surface area contributed by atoms with Crippen molar-refractivity contribution in [3.05, 3.63) is 70.7 Å². The van der Waals surface area contributed by atoms with Gasteiger partial charge in [0.25, 0.3) is 5.91 Å². The summed E-state index contributed by atoms with van der Waals surface area (Å²) in [4.78, 5) is 14.8. The van der Waals surface area contributed by atoms with Gasteiger partial charge in [-0.2, -0.15) is 11.8 Å². The SMILES string of the molecule is COCCOc1cc(N)c(C(=N)/C(O)=C/C(=N)c2ccc(C(=O)N3CCC[C@H]3CSC)cc2)cc1F. The molecule has 2 aromatic rings. The minimum Gasteiger partial charge on any atom is -0.506 e. The summed E-state index contributed by atoms with van der Waals surface area (Å²) >= 11 is 1.73. The fourth-order valence-electron chi connectivity index (χ4n) is 3.99. The van der Waals surface area contributed by atoms with Crippen LogP contribution in [0.3, 0.4) is 0 Å². The van der Waals surface area contributed by atoms with Crippen molar-refractivity contribution >= 4 is 34.8 Å². The Bertz CT molecular complexity index is 1150. The Hall–Kier alpha value is -3.37. The summed E-state index contributed by atoms with van der Waals surface area (Å²) in [5, 5.41) is 27.0. The van der Waals surface area contributed by atoms with Crippen LogP contribution in [0, 0.1) is 16.6 Å². The van der Waals surface area contributed by atoms with Gasteiger partial charge in [0, 0.05) is 54.4 Å². The molecule has 36 heavy (non-hydrogen) atoms. The molecule has 1 heterocycles. The summed E-state index contributed by atoms with van der Waals surface area (Å²) in [7, 11) is 1.50. The van der Waals surface area contributed by atoms with E-state index in [0.717, 1.165) is 37.3 Å². The highest BCUT2D eigenvalue weighted by molar-refractivity contribution is 7.98. The van der Waals surface area contributed by atoms with E-state index in [1.165, 1.54) is 13.2 Å². The third-order valence-electron chi connectivity index (χ3n) is 5.90. The summed E-state index contributed by atoms with van der Waals surface area (Å²) in [6, 6.07) is 9.06. The van der Waals surface area contributed by atoms with E-state index in [-0.39, 0.29) is 47.9 Å². The average molecular weight is 515 g/mol. The number of halogens is 1. The number of likely N-dealkylation sites (tertiary alicyclic amines) is 1. The molecule has 192 valence electrons. The van der Waals surface area contributed by atoms with Gasteiger partial charge in [-0.25, -0.2) is 4.39 Å². The van der Waals surface area contributed by atoms with Gasteiger partial charge in [0.2, 0.25) is 0 Å². The number of rotatable bonds is 11. The predicted octanol–water partition coefficient (Wildman–Crippen LogP) is 4.28. The molecule has 1 amide bonds. The van der Waals surface area contributed by atoms with E-state index in [4.69, 9.17) is 26.0 Å². The first-order chi connectivity index (χ1) is 17.3. The van der Waals surface area contributed by atoms with Crippen LogP contribution in [0.1, 0.15) is 34.3 Å². The lowest BCUT2D eigenvalue weighted by Crippen LogP contribution is -2.36. The number of nitrogen functional groups attached to an aromatic ring is 1. The summed E-state index contributed by atoms with van der Waals surface area (Å²) < 4.78 is 24.5. The molecule has 1 aliphatic heterocycles. The highest BCUT2D eigenvalue weighted by Crippen LogP contribution is 2.26. The van der Waals surface area contributed by atoms with Gasteiger partial charge in [0.15, 0.2) is 11.6 Å². The van der Waals surface area contributed by atoms with E-state index in [2.05, 4.69) is 0 Å². The second-order valence-electron chi connectivity index (χ2n) is 8.36. The molecular weight excluding hydrogens is 483 g/mol. The lowest BCUT2D eigenvalue weighted by molar-refractivity contribution is 0.0750. The van der Waals surface area contributed by atoms with Crippen LogP contribution in [-0.2, 0) is 4.74 Å². The maximum absolute atomic E-state index is 14.4. The van der Waals surface area contributed by atoms with E-state index in [1.54, 1.807) is 36.0 Å².